The third-order valence-electron chi connectivity index (χ3n) is 3.92. The van der Waals surface area contributed by atoms with Gasteiger partial charge < -0.3 is 19.4 Å². The van der Waals surface area contributed by atoms with E-state index >= 15 is 0 Å². The van der Waals surface area contributed by atoms with Crippen LogP contribution in [0.3, 0.4) is 0 Å². The van der Waals surface area contributed by atoms with E-state index in [1.165, 1.54) is 18.4 Å². The predicted octanol–water partition coefficient (Wildman–Crippen LogP) is 2.70. The van der Waals surface area contributed by atoms with E-state index in [0.717, 1.165) is 50.3 Å². The van der Waals surface area contributed by atoms with Crippen LogP contribution in [0.15, 0.2) is 10.5 Å². The first-order chi connectivity index (χ1) is 9.72. The van der Waals surface area contributed by atoms with Gasteiger partial charge in [0.05, 0.1) is 6.61 Å². The highest BCUT2D eigenvalue weighted by atomic mass is 16.5. The zero-order chi connectivity index (χ0) is 14.4. The number of ether oxygens (including phenoxy) is 1. The lowest BCUT2D eigenvalue weighted by Gasteiger charge is -2.17. The Kier molecular flexibility index (Phi) is 6.07. The number of hydrogen-bond acceptors (Lipinski definition) is 4. The van der Waals surface area contributed by atoms with Crippen LogP contribution in [0.2, 0.25) is 0 Å². The summed E-state index contributed by atoms with van der Waals surface area (Å²) in [6.45, 7) is 11.8. The fraction of sp³-hybridized carbons (Fsp3) is 0.750. The SMILES string of the molecule is CCN(CC)CCOCc1cc(CNC2CC2)c(C)o1. The first-order valence-corrected chi connectivity index (χ1v) is 7.84. The molecule has 4 nitrogen and oxygen atoms in total. The molecule has 20 heavy (non-hydrogen) atoms. The lowest BCUT2D eigenvalue weighted by Crippen LogP contribution is -2.26. The Labute approximate surface area is 122 Å². The standard InChI is InChI=1S/C16H28N2O2/c1-4-18(5-2)8-9-19-12-16-10-14(13(3)20-16)11-17-15-6-7-15/h10,15,17H,4-9,11-12H2,1-3H3. The molecule has 1 saturated carbocycles. The Bertz CT molecular complexity index is 395. The van der Waals surface area contributed by atoms with Crippen molar-refractivity contribution in [2.24, 2.45) is 0 Å². The Morgan fingerprint density at radius 2 is 2.10 bits per heavy atom. The molecule has 0 spiro atoms. The molecule has 0 aliphatic heterocycles. The quantitative estimate of drug-likeness (QED) is 0.669. The van der Waals surface area contributed by atoms with E-state index in [9.17, 15) is 0 Å². The molecule has 0 aromatic carbocycles. The fourth-order valence-corrected chi connectivity index (χ4v) is 2.28. The average Bonchev–Trinajstić information content (AvgIpc) is 3.21. The van der Waals surface area contributed by atoms with E-state index in [1.54, 1.807) is 0 Å². The molecule has 0 radical (unpaired) electrons. The van der Waals surface area contributed by atoms with Crippen molar-refractivity contribution in [1.82, 2.24) is 10.2 Å². The van der Waals surface area contributed by atoms with E-state index in [4.69, 9.17) is 9.15 Å². The minimum atomic E-state index is 0.575. The van der Waals surface area contributed by atoms with Gasteiger partial charge in [0.15, 0.2) is 0 Å². The number of likely N-dealkylation sites (N-methyl/N-ethyl adjacent to an activating group) is 1. The molecular weight excluding hydrogens is 252 g/mol. The molecule has 1 fully saturated rings. The summed E-state index contributed by atoms with van der Waals surface area (Å²) in [5.41, 5.74) is 1.26. The second-order valence-electron chi connectivity index (χ2n) is 5.53. The molecule has 0 amide bonds. The highest BCUT2D eigenvalue weighted by Gasteiger charge is 2.20. The van der Waals surface area contributed by atoms with E-state index in [1.807, 2.05) is 6.92 Å². The van der Waals surface area contributed by atoms with Crippen LogP contribution in [0.4, 0.5) is 0 Å². The lowest BCUT2D eigenvalue weighted by molar-refractivity contribution is 0.0839. The minimum absolute atomic E-state index is 0.575. The van der Waals surface area contributed by atoms with Gasteiger partial charge in [0, 0.05) is 24.7 Å². The fourth-order valence-electron chi connectivity index (χ4n) is 2.28. The van der Waals surface area contributed by atoms with Crippen molar-refractivity contribution >= 4 is 0 Å². The van der Waals surface area contributed by atoms with Crippen molar-refractivity contribution in [3.63, 3.8) is 0 Å². The maximum atomic E-state index is 5.75. The third-order valence-corrected chi connectivity index (χ3v) is 3.92. The molecule has 1 aliphatic carbocycles. The molecule has 2 rings (SSSR count). The van der Waals surface area contributed by atoms with E-state index in [2.05, 4.69) is 30.1 Å². The van der Waals surface area contributed by atoms with Crippen LogP contribution in [0, 0.1) is 6.92 Å². The molecule has 0 saturated heterocycles. The summed E-state index contributed by atoms with van der Waals surface area (Å²) in [6.07, 6.45) is 2.64. The van der Waals surface area contributed by atoms with Crippen LogP contribution in [-0.4, -0.2) is 37.2 Å². The summed E-state index contributed by atoms with van der Waals surface area (Å²) in [6, 6.07) is 2.86. The smallest absolute Gasteiger partial charge is 0.130 e. The Morgan fingerprint density at radius 1 is 1.35 bits per heavy atom. The Hall–Kier alpha value is -0.840. The van der Waals surface area contributed by atoms with Crippen molar-refractivity contribution in [3.05, 3.63) is 23.2 Å². The molecule has 0 unspecified atom stereocenters. The van der Waals surface area contributed by atoms with Crippen molar-refractivity contribution in [2.75, 3.05) is 26.2 Å². The minimum Gasteiger partial charge on any atom is -0.464 e. The van der Waals surface area contributed by atoms with Crippen LogP contribution in [-0.2, 0) is 17.9 Å². The third kappa shape index (κ3) is 4.93. The molecule has 1 N–H and O–H groups in total. The maximum Gasteiger partial charge on any atom is 0.130 e. The summed E-state index contributed by atoms with van der Waals surface area (Å²) in [5, 5.41) is 3.52. The predicted molar refractivity (Wildman–Crippen MR) is 80.8 cm³/mol. The summed E-state index contributed by atoms with van der Waals surface area (Å²) in [7, 11) is 0. The number of hydrogen-bond donors (Lipinski definition) is 1. The van der Waals surface area contributed by atoms with Crippen molar-refractivity contribution in [1.29, 1.82) is 0 Å². The summed E-state index contributed by atoms with van der Waals surface area (Å²) in [5.74, 6) is 1.95. The highest BCUT2D eigenvalue weighted by Crippen LogP contribution is 2.21. The van der Waals surface area contributed by atoms with Gasteiger partial charge in [0.1, 0.15) is 18.1 Å². The van der Waals surface area contributed by atoms with E-state index in [0.29, 0.717) is 6.61 Å². The van der Waals surface area contributed by atoms with Crippen LogP contribution >= 0.6 is 0 Å². The molecular formula is C16H28N2O2. The van der Waals surface area contributed by atoms with Gasteiger partial charge in [-0.1, -0.05) is 13.8 Å². The van der Waals surface area contributed by atoms with Crippen LogP contribution in [0.5, 0.6) is 0 Å². The van der Waals surface area contributed by atoms with Crippen molar-refractivity contribution < 1.29 is 9.15 Å². The highest BCUT2D eigenvalue weighted by molar-refractivity contribution is 5.20. The first kappa shape index (κ1) is 15.5. The maximum absolute atomic E-state index is 5.75. The van der Waals surface area contributed by atoms with Gasteiger partial charge in [0.25, 0.3) is 0 Å². The summed E-state index contributed by atoms with van der Waals surface area (Å²) >= 11 is 0. The second-order valence-corrected chi connectivity index (χ2v) is 5.53. The average molecular weight is 280 g/mol. The zero-order valence-electron chi connectivity index (χ0n) is 13.1. The molecule has 114 valence electrons. The Balaban J connectivity index is 1.68. The summed E-state index contributed by atoms with van der Waals surface area (Å²) < 4.78 is 11.5. The van der Waals surface area contributed by atoms with Gasteiger partial charge in [-0.05, 0) is 38.9 Å². The molecule has 1 heterocycles. The van der Waals surface area contributed by atoms with Crippen LogP contribution in [0.25, 0.3) is 0 Å². The second kappa shape index (κ2) is 7.81. The molecule has 4 heteroatoms. The number of rotatable bonds is 10. The molecule has 0 atom stereocenters. The van der Waals surface area contributed by atoms with Gasteiger partial charge in [-0.25, -0.2) is 0 Å². The number of furan rings is 1. The topological polar surface area (TPSA) is 37.6 Å². The van der Waals surface area contributed by atoms with Gasteiger partial charge in [-0.3, -0.25) is 0 Å². The Morgan fingerprint density at radius 3 is 2.75 bits per heavy atom. The molecule has 1 aliphatic rings. The zero-order valence-corrected chi connectivity index (χ0v) is 13.1. The van der Waals surface area contributed by atoms with Gasteiger partial charge in [-0.2, -0.15) is 0 Å². The van der Waals surface area contributed by atoms with Gasteiger partial charge >= 0.3 is 0 Å². The van der Waals surface area contributed by atoms with E-state index < -0.39 is 0 Å². The van der Waals surface area contributed by atoms with Crippen LogP contribution in [0.1, 0.15) is 43.8 Å². The van der Waals surface area contributed by atoms with E-state index in [-0.39, 0.29) is 0 Å². The first-order valence-electron chi connectivity index (χ1n) is 7.84. The molecule has 0 bridgehead atoms. The van der Waals surface area contributed by atoms with Gasteiger partial charge in [0.2, 0.25) is 0 Å². The molecule has 1 aromatic heterocycles. The number of aryl methyl sites for hydroxylation is 1. The van der Waals surface area contributed by atoms with Crippen molar-refractivity contribution in [2.45, 2.75) is 52.8 Å². The number of nitrogens with one attached hydrogen (secondary N) is 1. The monoisotopic (exact) mass is 280 g/mol. The van der Waals surface area contributed by atoms with Crippen molar-refractivity contribution in [3.8, 4) is 0 Å². The largest absolute Gasteiger partial charge is 0.464 e. The normalized spacial score (nSPS) is 15.2. The lowest BCUT2D eigenvalue weighted by atomic mass is 10.2. The number of nitrogens with zero attached hydrogens (tertiary/aromatic N) is 1. The van der Waals surface area contributed by atoms with Gasteiger partial charge in [-0.15, -0.1) is 0 Å². The summed E-state index contributed by atoms with van der Waals surface area (Å²) in [4.78, 5) is 2.36. The molecule has 1 aromatic rings. The van der Waals surface area contributed by atoms with Crippen LogP contribution < -0.4 is 5.32 Å².